The van der Waals surface area contributed by atoms with Crippen LogP contribution in [0.5, 0.6) is 0 Å². The van der Waals surface area contributed by atoms with Crippen molar-refractivity contribution in [2.75, 3.05) is 37.6 Å². The first-order valence-electron chi connectivity index (χ1n) is 6.21. The Balaban J connectivity index is 2.18. The van der Waals surface area contributed by atoms with Gasteiger partial charge in [0.25, 0.3) is 5.69 Å². The molecule has 0 amide bonds. The molecule has 1 aromatic rings. The van der Waals surface area contributed by atoms with Crippen LogP contribution < -0.4 is 4.90 Å². The third-order valence-electron chi connectivity index (χ3n) is 3.29. The number of piperazine rings is 1. The van der Waals surface area contributed by atoms with Gasteiger partial charge in [-0.25, -0.2) is 4.39 Å². The third-order valence-corrected chi connectivity index (χ3v) is 4.11. The van der Waals surface area contributed by atoms with E-state index in [0.29, 0.717) is 26.2 Å². The molecule has 0 unspecified atom stereocenters. The lowest BCUT2D eigenvalue weighted by molar-refractivity contribution is -0.384. The largest absolute Gasteiger partial charge is 0.480 e. The molecule has 0 saturated carbocycles. The highest BCUT2D eigenvalue weighted by Crippen LogP contribution is 2.32. The topological polar surface area (TPSA) is 86.9 Å². The van der Waals surface area contributed by atoms with Crippen molar-refractivity contribution in [3.63, 3.8) is 0 Å². The molecule has 114 valence electrons. The van der Waals surface area contributed by atoms with Gasteiger partial charge in [-0.15, -0.1) is 0 Å². The fourth-order valence-electron chi connectivity index (χ4n) is 2.26. The number of benzene rings is 1. The van der Waals surface area contributed by atoms with E-state index in [4.69, 9.17) is 5.11 Å². The number of carboxylic acid groups (broad SMARTS) is 1. The Morgan fingerprint density at radius 1 is 1.38 bits per heavy atom. The monoisotopic (exact) mass is 409 g/mol. The van der Waals surface area contributed by atoms with Crippen molar-refractivity contribution >= 4 is 39.9 Å². The molecule has 0 radical (unpaired) electrons. The molecular formula is C12H13FIN3O4. The van der Waals surface area contributed by atoms with Crippen LogP contribution in [0.3, 0.4) is 0 Å². The van der Waals surface area contributed by atoms with Crippen LogP contribution in [0.15, 0.2) is 12.1 Å². The standard InChI is InChI=1S/C12H13FIN3O4/c13-8-5-10(11(17(20)21)6-9(8)14)16-3-1-15(2-4-16)7-12(18)19/h5-6H,1-4,7H2,(H,18,19). The van der Waals surface area contributed by atoms with Crippen LogP contribution in [0.1, 0.15) is 0 Å². The number of rotatable bonds is 4. The summed E-state index contributed by atoms with van der Waals surface area (Å²) in [6, 6.07) is 2.39. The molecule has 2 rings (SSSR count). The highest BCUT2D eigenvalue weighted by atomic mass is 127. The quantitative estimate of drug-likeness (QED) is 0.462. The van der Waals surface area contributed by atoms with Crippen molar-refractivity contribution in [3.05, 3.63) is 31.6 Å². The number of nitrogens with zero attached hydrogens (tertiary/aromatic N) is 3. The predicted molar refractivity (Wildman–Crippen MR) is 82.1 cm³/mol. The molecule has 0 atom stereocenters. The fourth-order valence-corrected chi connectivity index (χ4v) is 2.71. The molecule has 1 N–H and O–H groups in total. The molecule has 1 fully saturated rings. The minimum atomic E-state index is -0.908. The molecule has 1 aliphatic rings. The van der Waals surface area contributed by atoms with Crippen molar-refractivity contribution in [2.24, 2.45) is 0 Å². The van der Waals surface area contributed by atoms with E-state index in [2.05, 4.69) is 0 Å². The Labute approximate surface area is 133 Å². The summed E-state index contributed by atoms with van der Waals surface area (Å²) in [6.45, 7) is 1.73. The van der Waals surface area contributed by atoms with E-state index in [0.717, 1.165) is 0 Å². The van der Waals surface area contributed by atoms with E-state index in [1.807, 2.05) is 0 Å². The molecule has 1 aromatic carbocycles. The minimum Gasteiger partial charge on any atom is -0.480 e. The first kappa shape index (κ1) is 15.9. The van der Waals surface area contributed by atoms with Gasteiger partial charge in [-0.3, -0.25) is 19.8 Å². The van der Waals surface area contributed by atoms with Gasteiger partial charge in [-0.05, 0) is 22.6 Å². The molecule has 0 bridgehead atoms. The Morgan fingerprint density at radius 2 is 2.00 bits per heavy atom. The lowest BCUT2D eigenvalue weighted by Crippen LogP contribution is -2.48. The Hall–Kier alpha value is -1.49. The van der Waals surface area contributed by atoms with Crippen LogP contribution in [0.25, 0.3) is 0 Å². The SMILES string of the molecule is O=C(O)CN1CCN(c2cc(F)c(I)cc2[N+](=O)[O-])CC1. The lowest BCUT2D eigenvalue weighted by atomic mass is 10.2. The van der Waals surface area contributed by atoms with Crippen LogP contribution in [-0.2, 0) is 4.79 Å². The van der Waals surface area contributed by atoms with Crippen molar-refractivity contribution in [1.29, 1.82) is 0 Å². The average molecular weight is 409 g/mol. The summed E-state index contributed by atoms with van der Waals surface area (Å²) in [5.41, 5.74) is 0.111. The number of hydrogen-bond donors (Lipinski definition) is 1. The summed E-state index contributed by atoms with van der Waals surface area (Å²) >= 11 is 1.72. The average Bonchev–Trinajstić information content (AvgIpc) is 2.41. The number of hydrogen-bond acceptors (Lipinski definition) is 5. The molecule has 0 aromatic heterocycles. The molecule has 9 heteroatoms. The van der Waals surface area contributed by atoms with Crippen LogP contribution in [-0.4, -0.2) is 53.6 Å². The highest BCUT2D eigenvalue weighted by molar-refractivity contribution is 14.1. The molecule has 1 aliphatic heterocycles. The molecule has 0 spiro atoms. The lowest BCUT2D eigenvalue weighted by Gasteiger charge is -2.34. The van der Waals surface area contributed by atoms with Crippen molar-refractivity contribution in [1.82, 2.24) is 4.90 Å². The van der Waals surface area contributed by atoms with Gasteiger partial charge in [0.15, 0.2) is 0 Å². The Bertz CT molecular complexity index is 576. The number of halogens is 2. The summed E-state index contributed by atoms with van der Waals surface area (Å²) in [7, 11) is 0. The Kier molecular flexibility index (Phi) is 4.93. The fraction of sp³-hybridized carbons (Fsp3) is 0.417. The molecule has 0 aliphatic carbocycles. The highest BCUT2D eigenvalue weighted by Gasteiger charge is 2.26. The Morgan fingerprint density at radius 3 is 2.52 bits per heavy atom. The molecule has 7 nitrogen and oxygen atoms in total. The number of aliphatic carboxylic acids is 1. The summed E-state index contributed by atoms with van der Waals surface area (Å²) in [5, 5.41) is 19.8. The summed E-state index contributed by atoms with van der Waals surface area (Å²) in [5.74, 6) is -1.40. The van der Waals surface area contributed by atoms with Crippen molar-refractivity contribution < 1.29 is 19.2 Å². The van der Waals surface area contributed by atoms with E-state index in [1.165, 1.54) is 12.1 Å². The van der Waals surface area contributed by atoms with E-state index < -0.39 is 16.7 Å². The zero-order chi connectivity index (χ0) is 15.6. The number of nitro groups is 1. The van der Waals surface area contributed by atoms with E-state index in [1.54, 1.807) is 32.4 Å². The molecule has 21 heavy (non-hydrogen) atoms. The van der Waals surface area contributed by atoms with Gasteiger partial charge in [-0.2, -0.15) is 0 Å². The number of carboxylic acids is 1. The summed E-state index contributed by atoms with van der Waals surface area (Å²) in [4.78, 5) is 24.7. The van der Waals surface area contributed by atoms with Crippen LogP contribution in [0, 0.1) is 19.5 Å². The van der Waals surface area contributed by atoms with Crippen LogP contribution in [0.2, 0.25) is 0 Å². The zero-order valence-electron chi connectivity index (χ0n) is 11.0. The number of anilines is 1. The van der Waals surface area contributed by atoms with Crippen LogP contribution >= 0.6 is 22.6 Å². The first-order valence-corrected chi connectivity index (χ1v) is 7.29. The van der Waals surface area contributed by atoms with Gasteiger partial charge in [0.1, 0.15) is 11.5 Å². The van der Waals surface area contributed by atoms with Gasteiger partial charge in [-0.1, -0.05) is 0 Å². The van der Waals surface area contributed by atoms with E-state index in [9.17, 15) is 19.3 Å². The van der Waals surface area contributed by atoms with Gasteiger partial charge in [0.05, 0.1) is 15.0 Å². The molecular weight excluding hydrogens is 396 g/mol. The van der Waals surface area contributed by atoms with Gasteiger partial charge >= 0.3 is 5.97 Å². The zero-order valence-corrected chi connectivity index (χ0v) is 13.1. The third kappa shape index (κ3) is 3.79. The summed E-state index contributed by atoms with van der Waals surface area (Å²) < 4.78 is 13.9. The number of nitro benzene ring substituents is 1. The predicted octanol–water partition coefficient (Wildman–Crippen LogP) is 1.55. The van der Waals surface area contributed by atoms with E-state index in [-0.39, 0.29) is 21.5 Å². The van der Waals surface area contributed by atoms with Crippen LogP contribution in [0.4, 0.5) is 15.8 Å². The van der Waals surface area contributed by atoms with Gasteiger partial charge in [0, 0.05) is 38.3 Å². The second-order valence-corrected chi connectivity index (χ2v) is 5.83. The summed E-state index contributed by atoms with van der Waals surface area (Å²) in [6.07, 6.45) is 0. The normalized spacial score (nSPS) is 16.0. The maximum Gasteiger partial charge on any atom is 0.317 e. The van der Waals surface area contributed by atoms with E-state index >= 15 is 0 Å². The smallest absolute Gasteiger partial charge is 0.317 e. The van der Waals surface area contributed by atoms with Crippen molar-refractivity contribution in [2.45, 2.75) is 0 Å². The van der Waals surface area contributed by atoms with Gasteiger partial charge < -0.3 is 10.0 Å². The maximum atomic E-state index is 13.7. The first-order chi connectivity index (χ1) is 9.88. The second-order valence-electron chi connectivity index (χ2n) is 4.67. The molecule has 1 heterocycles. The second kappa shape index (κ2) is 6.52. The minimum absolute atomic E-state index is 0.0585. The molecule has 1 saturated heterocycles. The van der Waals surface area contributed by atoms with Crippen molar-refractivity contribution in [3.8, 4) is 0 Å². The number of carbonyl (C=O) groups is 1. The van der Waals surface area contributed by atoms with Gasteiger partial charge in [0.2, 0.25) is 0 Å². The maximum absolute atomic E-state index is 13.7.